The lowest BCUT2D eigenvalue weighted by Crippen LogP contribution is -2.66. The van der Waals surface area contributed by atoms with Crippen molar-refractivity contribution < 1.29 is 8.42 Å². The molecule has 5 unspecified atom stereocenters. The van der Waals surface area contributed by atoms with Gasteiger partial charge in [-0.1, -0.05) is 19.1 Å². The van der Waals surface area contributed by atoms with E-state index in [0.29, 0.717) is 16.9 Å². The Labute approximate surface area is 168 Å². The molecule has 4 fully saturated rings. The normalized spacial score (nSPS) is 36.2. The van der Waals surface area contributed by atoms with Gasteiger partial charge in [0.25, 0.3) is 0 Å². The van der Waals surface area contributed by atoms with Gasteiger partial charge >= 0.3 is 0 Å². The predicted octanol–water partition coefficient (Wildman–Crippen LogP) is 3.14. The van der Waals surface area contributed by atoms with Crippen molar-refractivity contribution in [1.29, 1.82) is 0 Å². The van der Waals surface area contributed by atoms with E-state index < -0.39 is 9.84 Å². The van der Waals surface area contributed by atoms with Crippen LogP contribution in [0.1, 0.15) is 44.1 Å². The van der Waals surface area contributed by atoms with Crippen molar-refractivity contribution in [2.45, 2.75) is 54.7 Å². The topological polar surface area (TPSA) is 49.4 Å². The summed E-state index contributed by atoms with van der Waals surface area (Å²) < 4.78 is 23.6. The monoisotopic (exact) mass is 408 g/mol. The van der Waals surface area contributed by atoms with Crippen LogP contribution >= 0.6 is 11.8 Å². The fourth-order valence-electron chi connectivity index (χ4n) is 5.50. The van der Waals surface area contributed by atoms with Crippen LogP contribution in [0, 0.1) is 5.41 Å². The molecule has 2 bridgehead atoms. The van der Waals surface area contributed by atoms with Crippen molar-refractivity contribution in [1.82, 2.24) is 10.2 Å². The van der Waals surface area contributed by atoms with Crippen LogP contribution in [0.5, 0.6) is 0 Å². The van der Waals surface area contributed by atoms with E-state index in [2.05, 4.69) is 41.0 Å². The first-order valence-electron chi connectivity index (χ1n) is 10.3. The van der Waals surface area contributed by atoms with Crippen molar-refractivity contribution >= 4 is 21.6 Å². The Balaban J connectivity index is 1.56. The van der Waals surface area contributed by atoms with Gasteiger partial charge in [0.1, 0.15) is 0 Å². The lowest BCUT2D eigenvalue weighted by atomic mass is 9.58. The Morgan fingerprint density at radius 2 is 2.04 bits per heavy atom. The third kappa shape index (κ3) is 3.83. The van der Waals surface area contributed by atoms with E-state index in [0.717, 1.165) is 24.9 Å². The van der Waals surface area contributed by atoms with Gasteiger partial charge in [-0.15, -0.1) is 0 Å². The molecule has 0 aromatic heterocycles. The molecular formula is C21H32N2O2S2. The minimum absolute atomic E-state index is 0.282. The Morgan fingerprint density at radius 1 is 1.26 bits per heavy atom. The molecule has 4 heterocycles. The van der Waals surface area contributed by atoms with Crippen LogP contribution in [0.2, 0.25) is 0 Å². The minimum atomic E-state index is -3.14. The van der Waals surface area contributed by atoms with Crippen molar-refractivity contribution in [3.05, 3.63) is 29.8 Å². The quantitative estimate of drug-likeness (QED) is 0.784. The van der Waals surface area contributed by atoms with Crippen LogP contribution in [0.15, 0.2) is 29.2 Å². The summed E-state index contributed by atoms with van der Waals surface area (Å²) in [6.07, 6.45) is 6.41. The molecule has 150 valence electrons. The summed E-state index contributed by atoms with van der Waals surface area (Å²) in [5, 5.41) is 4.74. The third-order valence-corrected chi connectivity index (χ3v) is 9.67. The number of sulfone groups is 1. The smallest absolute Gasteiger partial charge is 0.175 e. The van der Waals surface area contributed by atoms with Gasteiger partial charge in [-0.2, -0.15) is 11.8 Å². The highest BCUT2D eigenvalue weighted by Crippen LogP contribution is 2.51. The molecule has 0 spiro atoms. The van der Waals surface area contributed by atoms with E-state index in [-0.39, 0.29) is 5.41 Å². The number of nitrogens with one attached hydrogen (secondary N) is 1. The molecule has 1 aromatic carbocycles. The largest absolute Gasteiger partial charge is 0.311 e. The van der Waals surface area contributed by atoms with Crippen molar-refractivity contribution in [2.75, 3.05) is 38.2 Å². The summed E-state index contributed by atoms with van der Waals surface area (Å²) in [6, 6.07) is 8.24. The molecule has 4 aliphatic rings. The first-order chi connectivity index (χ1) is 12.9. The van der Waals surface area contributed by atoms with E-state index in [1.807, 2.05) is 0 Å². The van der Waals surface area contributed by atoms with Crippen LogP contribution in [-0.2, 0) is 9.84 Å². The summed E-state index contributed by atoms with van der Waals surface area (Å²) in [4.78, 5) is 3.03. The van der Waals surface area contributed by atoms with Crippen LogP contribution < -0.4 is 5.32 Å². The molecule has 27 heavy (non-hydrogen) atoms. The molecule has 4 saturated heterocycles. The standard InChI is InChI=1S/C21H32N2O2S2/c1-3-21-10-11-23(15-20(21)22-13-17-5-4-12-26-17)14-19(21)16-6-8-18(9-7-16)27(2,24)25/h6-9,17,19-20,22H,3-5,10-15H2,1-2H3. The molecule has 0 radical (unpaired) electrons. The summed E-state index contributed by atoms with van der Waals surface area (Å²) in [6.45, 7) is 6.93. The Morgan fingerprint density at radius 3 is 2.67 bits per heavy atom. The minimum Gasteiger partial charge on any atom is -0.311 e. The molecule has 5 rings (SSSR count). The number of rotatable bonds is 6. The molecule has 4 nitrogen and oxygen atoms in total. The Kier molecular flexibility index (Phi) is 5.63. The molecule has 1 N–H and O–H groups in total. The highest BCUT2D eigenvalue weighted by atomic mass is 32.2. The van der Waals surface area contributed by atoms with Crippen molar-refractivity contribution in [2.24, 2.45) is 5.41 Å². The van der Waals surface area contributed by atoms with Gasteiger partial charge < -0.3 is 10.2 Å². The maximum absolute atomic E-state index is 11.8. The van der Waals surface area contributed by atoms with Gasteiger partial charge in [0.2, 0.25) is 0 Å². The first kappa shape index (κ1) is 19.7. The molecule has 5 atom stereocenters. The van der Waals surface area contributed by atoms with Crippen LogP contribution in [-0.4, -0.2) is 62.8 Å². The van der Waals surface area contributed by atoms with E-state index >= 15 is 0 Å². The first-order valence-corrected chi connectivity index (χ1v) is 13.2. The number of hydrogen-bond acceptors (Lipinski definition) is 5. The highest BCUT2D eigenvalue weighted by Gasteiger charge is 2.52. The van der Waals surface area contributed by atoms with E-state index in [4.69, 9.17) is 0 Å². The molecule has 6 heteroatoms. The second-order valence-electron chi connectivity index (χ2n) is 8.59. The van der Waals surface area contributed by atoms with Crippen LogP contribution in [0.25, 0.3) is 0 Å². The molecule has 0 saturated carbocycles. The van der Waals surface area contributed by atoms with Crippen molar-refractivity contribution in [3.63, 3.8) is 0 Å². The number of hydrogen-bond donors (Lipinski definition) is 1. The van der Waals surface area contributed by atoms with E-state index in [1.165, 1.54) is 49.8 Å². The summed E-state index contributed by atoms with van der Waals surface area (Å²) in [5.41, 5.74) is 1.58. The molecule has 0 aliphatic carbocycles. The molecule has 0 amide bonds. The summed E-state index contributed by atoms with van der Waals surface area (Å²) in [5.74, 6) is 1.80. The fraction of sp³-hybridized carbons (Fsp3) is 0.714. The van der Waals surface area contributed by atoms with Gasteiger partial charge in [0, 0.05) is 43.1 Å². The third-order valence-electron chi connectivity index (χ3n) is 7.15. The lowest BCUT2D eigenvalue weighted by Gasteiger charge is -2.59. The van der Waals surface area contributed by atoms with Gasteiger partial charge in [-0.05, 0) is 61.1 Å². The maximum Gasteiger partial charge on any atom is 0.175 e. The zero-order valence-electron chi connectivity index (χ0n) is 16.5. The van der Waals surface area contributed by atoms with Gasteiger partial charge in [-0.25, -0.2) is 8.42 Å². The van der Waals surface area contributed by atoms with Gasteiger partial charge in [0.15, 0.2) is 9.84 Å². The van der Waals surface area contributed by atoms with E-state index in [1.54, 1.807) is 12.1 Å². The van der Waals surface area contributed by atoms with Gasteiger partial charge in [0.05, 0.1) is 4.90 Å². The van der Waals surface area contributed by atoms with E-state index in [9.17, 15) is 8.42 Å². The SMILES string of the molecule is CCC12CCN(CC1NCC1CCCS1)CC2c1ccc(S(C)(=O)=O)cc1. The van der Waals surface area contributed by atoms with Crippen LogP contribution in [0.3, 0.4) is 0 Å². The number of piperidine rings is 3. The zero-order chi connectivity index (χ0) is 19.1. The summed E-state index contributed by atoms with van der Waals surface area (Å²) in [7, 11) is -3.14. The zero-order valence-corrected chi connectivity index (χ0v) is 18.1. The number of fused-ring (bicyclic) bond motifs is 3. The molecular weight excluding hydrogens is 376 g/mol. The fourth-order valence-corrected chi connectivity index (χ4v) is 7.34. The Bertz CT molecular complexity index is 759. The second kappa shape index (κ2) is 7.69. The van der Waals surface area contributed by atoms with Gasteiger partial charge in [-0.3, -0.25) is 0 Å². The average molecular weight is 409 g/mol. The Hall–Kier alpha value is -0.560. The number of thioether (sulfide) groups is 1. The summed E-state index contributed by atoms with van der Waals surface area (Å²) >= 11 is 2.13. The number of benzene rings is 1. The molecule has 1 aromatic rings. The second-order valence-corrected chi connectivity index (χ2v) is 12.0. The number of nitrogens with zero attached hydrogens (tertiary/aromatic N) is 1. The predicted molar refractivity (Wildman–Crippen MR) is 113 cm³/mol. The maximum atomic E-state index is 11.8. The van der Waals surface area contributed by atoms with Crippen LogP contribution in [0.4, 0.5) is 0 Å². The average Bonchev–Trinajstić information content (AvgIpc) is 3.19. The molecule has 4 aliphatic heterocycles. The lowest BCUT2D eigenvalue weighted by molar-refractivity contribution is -0.0349. The highest BCUT2D eigenvalue weighted by molar-refractivity contribution is 8.00. The van der Waals surface area contributed by atoms with Crippen molar-refractivity contribution in [3.8, 4) is 0 Å².